The molecular weight excluding hydrogens is 150 g/mol. The van der Waals surface area contributed by atoms with E-state index in [0.29, 0.717) is 6.10 Å². The smallest absolute Gasteiger partial charge is 0.0728 e. The molecule has 0 aromatic heterocycles. The number of rotatable bonds is 1. The van der Waals surface area contributed by atoms with E-state index in [1.807, 2.05) is 0 Å². The van der Waals surface area contributed by atoms with Crippen molar-refractivity contribution in [1.82, 2.24) is 5.32 Å². The van der Waals surface area contributed by atoms with Crippen molar-refractivity contribution in [2.45, 2.75) is 38.2 Å². The van der Waals surface area contributed by atoms with Crippen LogP contribution in [0.15, 0.2) is 0 Å². The van der Waals surface area contributed by atoms with E-state index in [2.05, 4.69) is 5.32 Å². The summed E-state index contributed by atoms with van der Waals surface area (Å²) >= 11 is 0. The first-order valence-electron chi connectivity index (χ1n) is 5.29. The largest absolute Gasteiger partial charge is 0.375 e. The van der Waals surface area contributed by atoms with Crippen LogP contribution in [0.1, 0.15) is 32.1 Å². The fraction of sp³-hybridized carbons (Fsp3) is 1.00. The third-order valence-electron chi connectivity index (χ3n) is 3.13. The topological polar surface area (TPSA) is 21.3 Å². The Hall–Kier alpha value is -0.0800. The monoisotopic (exact) mass is 169 g/mol. The zero-order valence-electron chi connectivity index (χ0n) is 7.72. The highest BCUT2D eigenvalue weighted by atomic mass is 16.5. The Bertz CT molecular complexity index is 110. The molecule has 0 unspecified atom stereocenters. The number of morpholine rings is 1. The molecule has 1 aliphatic carbocycles. The van der Waals surface area contributed by atoms with Crippen LogP contribution >= 0.6 is 0 Å². The Balaban J connectivity index is 1.80. The van der Waals surface area contributed by atoms with Gasteiger partial charge in [0, 0.05) is 13.1 Å². The first kappa shape index (κ1) is 8.52. The Morgan fingerprint density at radius 2 is 1.92 bits per heavy atom. The number of ether oxygens (including phenoxy) is 1. The Labute approximate surface area is 74.7 Å². The van der Waals surface area contributed by atoms with Crippen molar-refractivity contribution < 1.29 is 4.74 Å². The predicted octanol–water partition coefficient (Wildman–Crippen LogP) is 1.56. The van der Waals surface area contributed by atoms with E-state index in [9.17, 15) is 0 Å². The maximum Gasteiger partial charge on any atom is 0.0728 e. The molecule has 0 bridgehead atoms. The standard InChI is InChI=1S/C10H19NO/c1-2-4-9(5-3-1)10-8-11-6-7-12-10/h9-11H,1-8H2/t10-/m0/s1. The fourth-order valence-electron chi connectivity index (χ4n) is 2.39. The highest BCUT2D eigenvalue weighted by Gasteiger charge is 2.25. The summed E-state index contributed by atoms with van der Waals surface area (Å²) in [5, 5.41) is 3.41. The van der Waals surface area contributed by atoms with Crippen LogP contribution in [-0.4, -0.2) is 25.8 Å². The molecule has 0 aromatic carbocycles. The van der Waals surface area contributed by atoms with Gasteiger partial charge >= 0.3 is 0 Å². The molecule has 1 heterocycles. The lowest BCUT2D eigenvalue weighted by Gasteiger charge is -2.33. The summed E-state index contributed by atoms with van der Waals surface area (Å²) in [4.78, 5) is 0. The van der Waals surface area contributed by atoms with Gasteiger partial charge in [-0.1, -0.05) is 19.3 Å². The van der Waals surface area contributed by atoms with Gasteiger partial charge in [0.05, 0.1) is 12.7 Å². The van der Waals surface area contributed by atoms with Crippen LogP contribution in [0.5, 0.6) is 0 Å². The number of nitrogens with one attached hydrogen (secondary N) is 1. The van der Waals surface area contributed by atoms with Gasteiger partial charge < -0.3 is 10.1 Å². The van der Waals surface area contributed by atoms with Crippen LogP contribution in [0.4, 0.5) is 0 Å². The first-order chi connectivity index (χ1) is 5.97. The molecular formula is C10H19NO. The average molecular weight is 169 g/mol. The summed E-state index contributed by atoms with van der Waals surface area (Å²) in [6.07, 6.45) is 7.60. The predicted molar refractivity (Wildman–Crippen MR) is 49.2 cm³/mol. The summed E-state index contributed by atoms with van der Waals surface area (Å²) in [7, 11) is 0. The Morgan fingerprint density at radius 3 is 2.58 bits per heavy atom. The summed E-state index contributed by atoms with van der Waals surface area (Å²) in [6, 6.07) is 0. The maximum absolute atomic E-state index is 5.75. The number of hydrogen-bond acceptors (Lipinski definition) is 2. The Kier molecular flexibility index (Phi) is 3.01. The molecule has 2 heteroatoms. The van der Waals surface area contributed by atoms with Gasteiger partial charge in [-0.05, 0) is 18.8 Å². The molecule has 2 fully saturated rings. The summed E-state index contributed by atoms with van der Waals surface area (Å²) in [5.41, 5.74) is 0. The van der Waals surface area contributed by atoms with Crippen LogP contribution in [0.2, 0.25) is 0 Å². The first-order valence-corrected chi connectivity index (χ1v) is 5.29. The quantitative estimate of drug-likeness (QED) is 0.643. The molecule has 1 saturated heterocycles. The van der Waals surface area contributed by atoms with Gasteiger partial charge in [-0.25, -0.2) is 0 Å². The van der Waals surface area contributed by atoms with Crippen molar-refractivity contribution >= 4 is 0 Å². The van der Waals surface area contributed by atoms with Gasteiger partial charge in [0.15, 0.2) is 0 Å². The lowest BCUT2D eigenvalue weighted by molar-refractivity contribution is -0.0190. The third kappa shape index (κ3) is 1.99. The van der Waals surface area contributed by atoms with E-state index in [1.54, 1.807) is 0 Å². The van der Waals surface area contributed by atoms with Gasteiger partial charge in [-0.3, -0.25) is 0 Å². The molecule has 2 aliphatic rings. The second kappa shape index (κ2) is 4.24. The van der Waals surface area contributed by atoms with E-state index in [1.165, 1.54) is 32.1 Å². The van der Waals surface area contributed by atoms with Crippen LogP contribution in [0.25, 0.3) is 0 Å². The minimum atomic E-state index is 0.527. The fourth-order valence-corrected chi connectivity index (χ4v) is 2.39. The third-order valence-corrected chi connectivity index (χ3v) is 3.13. The van der Waals surface area contributed by atoms with Crippen molar-refractivity contribution in [2.75, 3.05) is 19.7 Å². The molecule has 0 spiro atoms. The SMILES string of the molecule is C1CCC([C@@H]2CNCCO2)CC1. The minimum absolute atomic E-state index is 0.527. The van der Waals surface area contributed by atoms with Crippen LogP contribution < -0.4 is 5.32 Å². The maximum atomic E-state index is 5.75. The van der Waals surface area contributed by atoms with Gasteiger partial charge in [-0.15, -0.1) is 0 Å². The van der Waals surface area contributed by atoms with Gasteiger partial charge in [-0.2, -0.15) is 0 Å². The van der Waals surface area contributed by atoms with E-state index in [4.69, 9.17) is 4.74 Å². The van der Waals surface area contributed by atoms with E-state index in [-0.39, 0.29) is 0 Å². The Morgan fingerprint density at radius 1 is 1.08 bits per heavy atom. The zero-order chi connectivity index (χ0) is 8.23. The summed E-state index contributed by atoms with van der Waals surface area (Å²) in [6.45, 7) is 3.05. The van der Waals surface area contributed by atoms with Crippen LogP contribution in [-0.2, 0) is 4.74 Å². The molecule has 2 nitrogen and oxygen atoms in total. The molecule has 0 radical (unpaired) electrons. The van der Waals surface area contributed by atoms with Gasteiger partial charge in [0.1, 0.15) is 0 Å². The molecule has 1 aliphatic heterocycles. The second-order valence-corrected chi connectivity index (χ2v) is 4.01. The highest BCUT2D eigenvalue weighted by molar-refractivity contribution is 4.78. The lowest BCUT2D eigenvalue weighted by Crippen LogP contribution is -2.43. The molecule has 70 valence electrons. The van der Waals surface area contributed by atoms with Crippen molar-refractivity contribution in [3.8, 4) is 0 Å². The zero-order valence-corrected chi connectivity index (χ0v) is 7.72. The van der Waals surface area contributed by atoms with Gasteiger partial charge in [0.25, 0.3) is 0 Å². The highest BCUT2D eigenvalue weighted by Crippen LogP contribution is 2.28. The summed E-state index contributed by atoms with van der Waals surface area (Å²) < 4.78 is 5.75. The van der Waals surface area contributed by atoms with Crippen molar-refractivity contribution in [3.05, 3.63) is 0 Å². The lowest BCUT2D eigenvalue weighted by atomic mass is 9.85. The van der Waals surface area contributed by atoms with Gasteiger partial charge in [0.2, 0.25) is 0 Å². The summed E-state index contributed by atoms with van der Waals surface area (Å²) in [5.74, 6) is 0.853. The van der Waals surface area contributed by atoms with E-state index in [0.717, 1.165) is 25.6 Å². The minimum Gasteiger partial charge on any atom is -0.375 e. The van der Waals surface area contributed by atoms with Crippen molar-refractivity contribution in [1.29, 1.82) is 0 Å². The van der Waals surface area contributed by atoms with Crippen LogP contribution in [0, 0.1) is 5.92 Å². The van der Waals surface area contributed by atoms with Crippen molar-refractivity contribution in [3.63, 3.8) is 0 Å². The second-order valence-electron chi connectivity index (χ2n) is 4.01. The molecule has 0 aromatic rings. The van der Waals surface area contributed by atoms with Crippen molar-refractivity contribution in [2.24, 2.45) is 5.92 Å². The molecule has 2 rings (SSSR count). The average Bonchev–Trinajstić information content (AvgIpc) is 2.21. The van der Waals surface area contributed by atoms with E-state index < -0.39 is 0 Å². The molecule has 1 saturated carbocycles. The van der Waals surface area contributed by atoms with E-state index >= 15 is 0 Å². The molecule has 0 amide bonds. The van der Waals surface area contributed by atoms with Crippen LogP contribution in [0.3, 0.4) is 0 Å². The molecule has 12 heavy (non-hydrogen) atoms. The molecule has 1 N–H and O–H groups in total. The molecule has 1 atom stereocenters. The number of hydrogen-bond donors (Lipinski definition) is 1. The normalized spacial score (nSPS) is 33.5.